The zero-order chi connectivity index (χ0) is 15.9. The van der Waals surface area contributed by atoms with Gasteiger partial charge in [-0.25, -0.2) is 0 Å². The fraction of sp³-hybridized carbons (Fsp3) is 0.474. The van der Waals surface area contributed by atoms with Crippen LogP contribution in [0.15, 0.2) is 48.4 Å². The molecular weight excluding hydrogens is 385 g/mol. The highest BCUT2D eigenvalue weighted by molar-refractivity contribution is 14.1. The molecule has 120 valence electrons. The number of hydrogen-bond acceptors (Lipinski definition) is 2. The Morgan fingerprint density at radius 3 is 2.91 bits per heavy atom. The van der Waals surface area contributed by atoms with E-state index >= 15 is 0 Å². The second-order valence-electron chi connectivity index (χ2n) is 5.83. The minimum atomic E-state index is 0.597. The van der Waals surface area contributed by atoms with Gasteiger partial charge in [-0.15, -0.1) is 0 Å². The number of halogens is 1. The number of rotatable bonds is 6. The predicted octanol–water partition coefficient (Wildman–Crippen LogP) is 5.49. The maximum atomic E-state index is 6.10. The first-order valence-electron chi connectivity index (χ1n) is 8.15. The van der Waals surface area contributed by atoms with Gasteiger partial charge in [0.15, 0.2) is 0 Å². The summed E-state index contributed by atoms with van der Waals surface area (Å²) in [7, 11) is 0. The van der Waals surface area contributed by atoms with E-state index < -0.39 is 0 Å². The zero-order valence-corrected chi connectivity index (χ0v) is 15.8. The number of benzene rings is 1. The summed E-state index contributed by atoms with van der Waals surface area (Å²) in [6.07, 6.45) is 6.73. The Bertz CT molecular complexity index is 538. The second-order valence-corrected chi connectivity index (χ2v) is 7.07. The molecule has 22 heavy (non-hydrogen) atoms. The van der Waals surface area contributed by atoms with Crippen molar-refractivity contribution in [2.75, 3.05) is 6.54 Å². The number of hydrogen-bond donors (Lipinski definition) is 0. The van der Waals surface area contributed by atoms with Gasteiger partial charge in [0.1, 0.15) is 12.4 Å². The minimum absolute atomic E-state index is 0.597. The summed E-state index contributed by atoms with van der Waals surface area (Å²) in [5.41, 5.74) is 2.50. The number of likely N-dealkylation sites (tertiary alicyclic amines) is 1. The van der Waals surface area contributed by atoms with Gasteiger partial charge >= 0.3 is 0 Å². The van der Waals surface area contributed by atoms with Crippen LogP contribution in [0.4, 0.5) is 0 Å². The minimum Gasteiger partial charge on any atom is -0.487 e. The lowest BCUT2D eigenvalue weighted by Gasteiger charge is -2.37. The summed E-state index contributed by atoms with van der Waals surface area (Å²) in [4.78, 5) is 2.51. The van der Waals surface area contributed by atoms with Gasteiger partial charge < -0.3 is 9.64 Å². The molecule has 1 aromatic carbocycles. The zero-order valence-electron chi connectivity index (χ0n) is 13.6. The summed E-state index contributed by atoms with van der Waals surface area (Å²) in [5, 5.41) is 0. The molecule has 1 aromatic rings. The van der Waals surface area contributed by atoms with Crippen molar-refractivity contribution in [1.29, 1.82) is 0 Å². The number of piperidine rings is 1. The van der Waals surface area contributed by atoms with Gasteiger partial charge in [0.05, 0.1) is 5.70 Å². The molecule has 1 atom stereocenters. The van der Waals surface area contributed by atoms with E-state index in [0.717, 1.165) is 18.7 Å². The molecule has 0 spiro atoms. The van der Waals surface area contributed by atoms with Crippen molar-refractivity contribution < 1.29 is 4.74 Å². The Labute approximate surface area is 148 Å². The predicted molar refractivity (Wildman–Crippen MR) is 101 cm³/mol. The lowest BCUT2D eigenvalue weighted by molar-refractivity contribution is 0.161. The lowest BCUT2D eigenvalue weighted by Crippen LogP contribution is -2.37. The monoisotopic (exact) mass is 411 g/mol. The van der Waals surface area contributed by atoms with Gasteiger partial charge in [-0.1, -0.05) is 25.6 Å². The van der Waals surface area contributed by atoms with Crippen LogP contribution in [0.2, 0.25) is 0 Å². The largest absolute Gasteiger partial charge is 0.487 e. The van der Waals surface area contributed by atoms with Gasteiger partial charge in [-0.2, -0.15) is 0 Å². The average molecular weight is 411 g/mol. The highest BCUT2D eigenvalue weighted by Crippen LogP contribution is 2.26. The van der Waals surface area contributed by atoms with E-state index in [4.69, 9.17) is 4.74 Å². The first-order chi connectivity index (χ1) is 10.7. The van der Waals surface area contributed by atoms with Crippen molar-refractivity contribution in [2.24, 2.45) is 0 Å². The Kier molecular flexibility index (Phi) is 6.80. The summed E-state index contributed by atoms with van der Waals surface area (Å²) in [5.74, 6) is 0.940. The quantitative estimate of drug-likeness (QED) is 0.349. The van der Waals surface area contributed by atoms with Crippen LogP contribution in [0.5, 0.6) is 0 Å². The summed E-state index contributed by atoms with van der Waals surface area (Å²) in [6.45, 7) is 10.2. The molecular formula is C19H26INO. The number of ether oxygens (including phenoxy) is 1. The van der Waals surface area contributed by atoms with E-state index in [9.17, 15) is 0 Å². The van der Waals surface area contributed by atoms with Crippen molar-refractivity contribution in [3.63, 3.8) is 0 Å². The molecule has 0 radical (unpaired) electrons. The molecule has 0 aromatic heterocycles. The van der Waals surface area contributed by atoms with Crippen LogP contribution < -0.4 is 0 Å². The third-order valence-corrected chi connectivity index (χ3v) is 4.91. The van der Waals surface area contributed by atoms with Gasteiger partial charge in [0, 0.05) is 16.2 Å². The normalized spacial score (nSPS) is 19.6. The first kappa shape index (κ1) is 17.4. The molecule has 1 fully saturated rings. The first-order valence-corrected chi connectivity index (χ1v) is 9.23. The Morgan fingerprint density at radius 1 is 1.45 bits per heavy atom. The highest BCUT2D eigenvalue weighted by atomic mass is 127. The Morgan fingerprint density at radius 2 is 2.27 bits per heavy atom. The van der Waals surface area contributed by atoms with E-state index in [2.05, 4.69) is 72.2 Å². The number of allylic oxidation sites excluding steroid dienone is 2. The second kappa shape index (κ2) is 8.61. The van der Waals surface area contributed by atoms with E-state index in [1.165, 1.54) is 34.1 Å². The molecule has 2 rings (SSSR count). The lowest BCUT2D eigenvalue weighted by atomic mass is 10.0. The van der Waals surface area contributed by atoms with Crippen LogP contribution in [-0.4, -0.2) is 17.5 Å². The van der Waals surface area contributed by atoms with Crippen molar-refractivity contribution in [3.05, 3.63) is 57.5 Å². The van der Waals surface area contributed by atoms with Crippen molar-refractivity contribution in [1.82, 2.24) is 4.90 Å². The van der Waals surface area contributed by atoms with Crippen molar-refractivity contribution in [3.8, 4) is 0 Å². The SMILES string of the molecule is C=CC(OCc1cccc(I)c1)=C(CC)N1CCCC[C@H]1C. The summed E-state index contributed by atoms with van der Waals surface area (Å²) in [6, 6.07) is 9.04. The van der Waals surface area contributed by atoms with E-state index in [1.54, 1.807) is 0 Å². The van der Waals surface area contributed by atoms with Crippen LogP contribution in [0.3, 0.4) is 0 Å². The standard InChI is InChI=1S/C19H26INO/c1-4-18(21-12-7-6-9-15(21)3)19(5-2)22-14-16-10-8-11-17(20)13-16/h5,8,10-11,13,15H,2,4,6-7,9,12,14H2,1,3H3/t15-/m1/s1. The molecule has 0 bridgehead atoms. The van der Waals surface area contributed by atoms with Crippen LogP contribution in [-0.2, 0) is 11.3 Å². The topological polar surface area (TPSA) is 12.5 Å². The summed E-state index contributed by atoms with van der Waals surface area (Å²) >= 11 is 2.33. The molecule has 0 N–H and O–H groups in total. The Hall–Kier alpha value is -0.970. The molecule has 3 heteroatoms. The molecule has 1 aliphatic rings. The van der Waals surface area contributed by atoms with E-state index in [1.807, 2.05) is 6.08 Å². The molecule has 0 aliphatic carbocycles. The fourth-order valence-corrected chi connectivity index (χ4v) is 3.67. The van der Waals surface area contributed by atoms with Gasteiger partial charge in [-0.3, -0.25) is 0 Å². The molecule has 1 heterocycles. The Balaban J connectivity index is 2.13. The van der Waals surface area contributed by atoms with E-state index in [0.29, 0.717) is 12.6 Å². The third-order valence-electron chi connectivity index (χ3n) is 4.24. The maximum Gasteiger partial charge on any atom is 0.138 e. The van der Waals surface area contributed by atoms with Gasteiger partial charge in [0.25, 0.3) is 0 Å². The highest BCUT2D eigenvalue weighted by Gasteiger charge is 2.22. The van der Waals surface area contributed by atoms with E-state index in [-0.39, 0.29) is 0 Å². The van der Waals surface area contributed by atoms with Crippen LogP contribution in [0, 0.1) is 3.57 Å². The molecule has 1 saturated heterocycles. The maximum absolute atomic E-state index is 6.10. The number of nitrogens with zero attached hydrogens (tertiary/aromatic N) is 1. The smallest absolute Gasteiger partial charge is 0.138 e. The fourth-order valence-electron chi connectivity index (χ4n) is 3.07. The molecule has 2 nitrogen and oxygen atoms in total. The van der Waals surface area contributed by atoms with Crippen molar-refractivity contribution in [2.45, 2.75) is 52.2 Å². The van der Waals surface area contributed by atoms with Gasteiger partial charge in [0.2, 0.25) is 0 Å². The summed E-state index contributed by atoms with van der Waals surface area (Å²) < 4.78 is 7.34. The van der Waals surface area contributed by atoms with Crippen LogP contribution in [0.1, 0.15) is 45.1 Å². The van der Waals surface area contributed by atoms with Gasteiger partial charge in [-0.05, 0) is 79.0 Å². The average Bonchev–Trinajstić information content (AvgIpc) is 2.52. The molecule has 0 unspecified atom stereocenters. The molecule has 0 saturated carbocycles. The molecule has 0 amide bonds. The van der Waals surface area contributed by atoms with Crippen molar-refractivity contribution >= 4 is 22.6 Å². The molecule has 1 aliphatic heterocycles. The van der Waals surface area contributed by atoms with Crippen LogP contribution in [0.25, 0.3) is 0 Å². The third kappa shape index (κ3) is 4.51. The van der Waals surface area contributed by atoms with Crippen LogP contribution >= 0.6 is 22.6 Å².